The summed E-state index contributed by atoms with van der Waals surface area (Å²) >= 11 is 0. The number of rotatable bonds is 3. The second-order valence-corrected chi connectivity index (χ2v) is 8.80. The predicted octanol–water partition coefficient (Wildman–Crippen LogP) is 0.249. The molecular formula is C15H24N4O3S. The number of aryl methyl sites for hydroxylation is 1. The zero-order valence-electron chi connectivity index (χ0n) is 13.6. The van der Waals surface area contributed by atoms with Gasteiger partial charge in [-0.1, -0.05) is 12.8 Å². The molecule has 7 nitrogen and oxygen atoms in total. The van der Waals surface area contributed by atoms with Crippen LogP contribution in [0.15, 0.2) is 12.4 Å². The molecular weight excluding hydrogens is 316 g/mol. The zero-order valence-corrected chi connectivity index (χ0v) is 14.4. The van der Waals surface area contributed by atoms with Gasteiger partial charge in [0.1, 0.15) is 6.04 Å². The van der Waals surface area contributed by atoms with Gasteiger partial charge in [0.2, 0.25) is 5.91 Å². The van der Waals surface area contributed by atoms with Crippen LogP contribution >= 0.6 is 0 Å². The maximum Gasteiger partial charge on any atom is 0.244 e. The Morgan fingerprint density at radius 3 is 2.78 bits per heavy atom. The molecule has 8 heteroatoms. The summed E-state index contributed by atoms with van der Waals surface area (Å²) in [5.74, 6) is 0.0240. The van der Waals surface area contributed by atoms with E-state index < -0.39 is 15.9 Å². The highest BCUT2D eigenvalue weighted by atomic mass is 32.2. The molecule has 1 aromatic heterocycles. The Morgan fingerprint density at radius 1 is 1.39 bits per heavy atom. The SMILES string of the molecule is CNC(C(=O)N1CCS(=O)(=O)C2CCCCC21)c1cnn(C)c1. The van der Waals surface area contributed by atoms with Crippen LogP contribution in [0.25, 0.3) is 0 Å². The van der Waals surface area contributed by atoms with Crippen LogP contribution in [0.4, 0.5) is 0 Å². The van der Waals surface area contributed by atoms with Gasteiger partial charge in [-0.25, -0.2) is 8.42 Å². The van der Waals surface area contributed by atoms with E-state index in [0.717, 1.165) is 24.8 Å². The van der Waals surface area contributed by atoms with Gasteiger partial charge in [0, 0.05) is 31.4 Å². The molecule has 1 aromatic rings. The highest BCUT2D eigenvalue weighted by Crippen LogP contribution is 2.33. The van der Waals surface area contributed by atoms with Crippen LogP contribution in [0.3, 0.4) is 0 Å². The molecule has 0 bridgehead atoms. The van der Waals surface area contributed by atoms with E-state index in [1.165, 1.54) is 0 Å². The third-order valence-corrected chi connectivity index (χ3v) is 7.25. The van der Waals surface area contributed by atoms with E-state index in [4.69, 9.17) is 0 Å². The van der Waals surface area contributed by atoms with Crippen molar-refractivity contribution in [2.24, 2.45) is 7.05 Å². The van der Waals surface area contributed by atoms with E-state index in [1.807, 2.05) is 13.2 Å². The first-order valence-corrected chi connectivity index (χ1v) is 9.83. The summed E-state index contributed by atoms with van der Waals surface area (Å²) in [5, 5.41) is 6.79. The molecule has 2 aliphatic rings. The minimum Gasteiger partial charge on any atom is -0.336 e. The Balaban J connectivity index is 1.86. The second-order valence-electron chi connectivity index (χ2n) is 6.46. The molecule has 2 heterocycles. The van der Waals surface area contributed by atoms with E-state index >= 15 is 0 Å². The van der Waals surface area contributed by atoms with Crippen LogP contribution in [-0.2, 0) is 21.7 Å². The van der Waals surface area contributed by atoms with Crippen LogP contribution in [0, 0.1) is 0 Å². The van der Waals surface area contributed by atoms with Crippen molar-refractivity contribution in [2.45, 2.75) is 43.0 Å². The number of aromatic nitrogens is 2. The quantitative estimate of drug-likeness (QED) is 0.853. The molecule has 128 valence electrons. The lowest BCUT2D eigenvalue weighted by molar-refractivity contribution is -0.136. The predicted molar refractivity (Wildman–Crippen MR) is 86.6 cm³/mol. The maximum absolute atomic E-state index is 13.0. The van der Waals surface area contributed by atoms with Crippen molar-refractivity contribution >= 4 is 15.7 Å². The minimum absolute atomic E-state index is 0.0488. The topological polar surface area (TPSA) is 84.3 Å². The highest BCUT2D eigenvalue weighted by molar-refractivity contribution is 7.92. The highest BCUT2D eigenvalue weighted by Gasteiger charge is 2.45. The van der Waals surface area contributed by atoms with E-state index in [9.17, 15) is 13.2 Å². The normalized spacial score (nSPS) is 28.2. The summed E-state index contributed by atoms with van der Waals surface area (Å²) in [4.78, 5) is 14.8. The third-order valence-electron chi connectivity index (χ3n) is 5.02. The number of carbonyl (C=O) groups is 1. The first-order chi connectivity index (χ1) is 10.9. The average Bonchev–Trinajstić information content (AvgIpc) is 2.94. The maximum atomic E-state index is 13.0. The van der Waals surface area contributed by atoms with Gasteiger partial charge in [0.25, 0.3) is 0 Å². The number of nitrogens with zero attached hydrogens (tertiary/aromatic N) is 3. The van der Waals surface area contributed by atoms with Crippen molar-refractivity contribution in [2.75, 3.05) is 19.3 Å². The molecule has 3 unspecified atom stereocenters. The summed E-state index contributed by atoms with van der Waals surface area (Å²) in [6.45, 7) is 0.292. The lowest BCUT2D eigenvalue weighted by Gasteiger charge is -2.44. The second kappa shape index (κ2) is 6.24. The fourth-order valence-electron chi connectivity index (χ4n) is 3.86. The van der Waals surface area contributed by atoms with Crippen LogP contribution in [0.5, 0.6) is 0 Å². The summed E-state index contributed by atoms with van der Waals surface area (Å²) in [7, 11) is 0.482. The molecule has 0 aromatic carbocycles. The molecule has 1 aliphatic heterocycles. The van der Waals surface area contributed by atoms with Gasteiger partial charge in [-0.3, -0.25) is 9.48 Å². The summed E-state index contributed by atoms with van der Waals surface area (Å²) < 4.78 is 26.3. The van der Waals surface area contributed by atoms with E-state index in [-0.39, 0.29) is 23.0 Å². The van der Waals surface area contributed by atoms with Crippen LogP contribution in [0.1, 0.15) is 37.3 Å². The standard InChI is InChI=1S/C15H24N4O3S/c1-16-14(11-9-17-18(2)10-11)15(20)19-7-8-23(21,22)13-6-4-3-5-12(13)19/h9-10,12-14,16H,3-8H2,1-2H3. The summed E-state index contributed by atoms with van der Waals surface area (Å²) in [6.07, 6.45) is 6.86. The van der Waals surface area contributed by atoms with Crippen molar-refractivity contribution in [3.63, 3.8) is 0 Å². The number of likely N-dealkylation sites (N-methyl/N-ethyl adjacent to an activating group) is 1. The first-order valence-electron chi connectivity index (χ1n) is 8.12. The van der Waals surface area contributed by atoms with Gasteiger partial charge in [-0.05, 0) is 19.9 Å². The fraction of sp³-hybridized carbons (Fsp3) is 0.733. The number of amides is 1. The Bertz CT molecular complexity index is 685. The Hall–Kier alpha value is -1.41. The minimum atomic E-state index is -3.07. The van der Waals surface area contributed by atoms with E-state index in [2.05, 4.69) is 10.4 Å². The molecule has 1 amide bonds. The lowest BCUT2D eigenvalue weighted by Crippen LogP contribution is -2.59. The van der Waals surface area contributed by atoms with Crippen molar-refractivity contribution in [3.05, 3.63) is 18.0 Å². The lowest BCUT2D eigenvalue weighted by atomic mass is 9.92. The summed E-state index contributed by atoms with van der Waals surface area (Å²) in [5.41, 5.74) is 0.806. The molecule has 23 heavy (non-hydrogen) atoms. The Labute approximate surface area is 137 Å². The van der Waals surface area contributed by atoms with Gasteiger partial charge in [-0.15, -0.1) is 0 Å². The molecule has 3 rings (SSSR count). The largest absolute Gasteiger partial charge is 0.336 e. The number of hydrogen-bond donors (Lipinski definition) is 1. The monoisotopic (exact) mass is 340 g/mol. The number of sulfone groups is 1. The van der Waals surface area contributed by atoms with Crippen molar-refractivity contribution in [3.8, 4) is 0 Å². The number of hydrogen-bond acceptors (Lipinski definition) is 5. The van der Waals surface area contributed by atoms with Crippen LogP contribution in [0.2, 0.25) is 0 Å². The smallest absolute Gasteiger partial charge is 0.244 e. The van der Waals surface area contributed by atoms with Crippen molar-refractivity contribution in [1.29, 1.82) is 0 Å². The zero-order chi connectivity index (χ0) is 16.6. The number of carbonyl (C=O) groups excluding carboxylic acids is 1. The number of nitrogens with one attached hydrogen (secondary N) is 1. The fourth-order valence-corrected chi connectivity index (χ4v) is 5.90. The Kier molecular flexibility index (Phi) is 4.46. The number of fused-ring (bicyclic) bond motifs is 1. The molecule has 2 fully saturated rings. The first kappa shape index (κ1) is 16.4. The Morgan fingerprint density at radius 2 is 2.13 bits per heavy atom. The van der Waals surface area contributed by atoms with Gasteiger partial charge >= 0.3 is 0 Å². The van der Waals surface area contributed by atoms with Gasteiger partial charge < -0.3 is 10.2 Å². The van der Waals surface area contributed by atoms with Gasteiger partial charge in [-0.2, -0.15) is 5.10 Å². The third kappa shape index (κ3) is 3.01. The van der Waals surface area contributed by atoms with E-state index in [0.29, 0.717) is 13.0 Å². The molecule has 1 saturated heterocycles. The van der Waals surface area contributed by atoms with Gasteiger partial charge in [0.05, 0.1) is 17.2 Å². The molecule has 1 saturated carbocycles. The van der Waals surface area contributed by atoms with Crippen molar-refractivity contribution < 1.29 is 13.2 Å². The molecule has 0 spiro atoms. The van der Waals surface area contributed by atoms with Gasteiger partial charge in [0.15, 0.2) is 9.84 Å². The molecule has 1 N–H and O–H groups in total. The van der Waals surface area contributed by atoms with E-state index in [1.54, 1.807) is 22.8 Å². The van der Waals surface area contributed by atoms with Crippen molar-refractivity contribution in [1.82, 2.24) is 20.0 Å². The van der Waals surface area contributed by atoms with Crippen LogP contribution < -0.4 is 5.32 Å². The summed E-state index contributed by atoms with van der Waals surface area (Å²) in [6, 6.07) is -0.658. The molecule has 1 aliphatic carbocycles. The average molecular weight is 340 g/mol. The molecule has 0 radical (unpaired) electrons. The molecule has 3 atom stereocenters. The van der Waals surface area contributed by atoms with Crippen LogP contribution in [-0.4, -0.2) is 59.6 Å².